The van der Waals surface area contributed by atoms with E-state index in [0.717, 1.165) is 6.21 Å². The highest BCUT2D eigenvalue weighted by Gasteiger charge is 2.28. The Balaban J connectivity index is 3.02. The predicted octanol–water partition coefficient (Wildman–Crippen LogP) is 3.85. The van der Waals surface area contributed by atoms with Crippen molar-refractivity contribution in [3.63, 3.8) is 0 Å². The molecule has 0 spiro atoms. The maximum atomic E-state index is 12.1. The number of halogens is 3. The van der Waals surface area contributed by atoms with E-state index in [2.05, 4.69) is 4.99 Å². The summed E-state index contributed by atoms with van der Waals surface area (Å²) in [6.07, 6.45) is -4.15. The lowest BCUT2D eigenvalue weighted by atomic mass is 10.1. The van der Waals surface area contributed by atoms with Gasteiger partial charge in [0.2, 0.25) is 0 Å². The molecule has 2 nitrogen and oxygen atoms in total. The number of benzene rings is 1. The minimum atomic E-state index is -4.26. The highest BCUT2D eigenvalue weighted by molar-refractivity contribution is 7.40. The van der Waals surface area contributed by atoms with Gasteiger partial charge in [0.1, 0.15) is 0 Å². The van der Waals surface area contributed by atoms with E-state index in [1.165, 1.54) is 0 Å². The van der Waals surface area contributed by atoms with Crippen LogP contribution in [0.4, 0.5) is 18.9 Å². The first kappa shape index (κ1) is 13.8. The number of hydrogen-bond donors (Lipinski definition) is 1. The van der Waals surface area contributed by atoms with Crippen LogP contribution < -0.4 is 0 Å². The molecule has 0 heterocycles. The number of nitrogens with one attached hydrogen (secondary N) is 1. The number of aliphatic imine (C=N–C) groups is 1. The number of nitrogens with zero attached hydrogens (tertiary/aromatic N) is 1. The van der Waals surface area contributed by atoms with E-state index in [1.807, 2.05) is 9.24 Å². The van der Waals surface area contributed by atoms with E-state index in [4.69, 9.17) is 5.41 Å². The van der Waals surface area contributed by atoms with Gasteiger partial charge in [0.15, 0.2) is 0 Å². The summed E-state index contributed by atoms with van der Waals surface area (Å²) in [4.78, 5) is 3.91. The third kappa shape index (κ3) is 4.27. The van der Waals surface area contributed by atoms with Gasteiger partial charge in [0.25, 0.3) is 0 Å². The van der Waals surface area contributed by atoms with Gasteiger partial charge in [-0.1, -0.05) is 21.4 Å². The van der Waals surface area contributed by atoms with Crippen LogP contribution in [0.5, 0.6) is 0 Å². The molecule has 1 atom stereocenters. The van der Waals surface area contributed by atoms with E-state index >= 15 is 0 Å². The minimum absolute atomic E-state index is 0.0669. The summed E-state index contributed by atoms with van der Waals surface area (Å²) in [5, 5.41) is 7.15. The molecule has 17 heavy (non-hydrogen) atoms. The maximum absolute atomic E-state index is 12.1. The molecule has 0 aliphatic carbocycles. The van der Waals surface area contributed by atoms with Crippen LogP contribution in [-0.4, -0.2) is 17.8 Å². The molecule has 0 radical (unpaired) electrons. The zero-order valence-electron chi connectivity index (χ0n) is 9.17. The van der Waals surface area contributed by atoms with Crippen LogP contribution in [0.25, 0.3) is 0 Å². The summed E-state index contributed by atoms with van der Waals surface area (Å²) in [6, 6.07) is 5.01. The molecule has 0 aromatic heterocycles. The van der Waals surface area contributed by atoms with E-state index in [0.29, 0.717) is 16.8 Å². The van der Waals surface area contributed by atoms with Crippen LogP contribution in [0.3, 0.4) is 0 Å². The lowest BCUT2D eigenvalue weighted by molar-refractivity contribution is -0.120. The van der Waals surface area contributed by atoms with Gasteiger partial charge in [-0.15, -0.1) is 0 Å². The van der Waals surface area contributed by atoms with Crippen LogP contribution in [0.15, 0.2) is 23.2 Å². The van der Waals surface area contributed by atoms with Crippen molar-refractivity contribution in [2.24, 2.45) is 4.99 Å². The first-order valence-electron chi connectivity index (χ1n) is 4.83. The molecular weight excluding hydrogens is 248 g/mol. The molecule has 1 aromatic carbocycles. The van der Waals surface area contributed by atoms with Gasteiger partial charge in [-0.2, -0.15) is 13.2 Å². The number of rotatable bonds is 3. The molecule has 1 rings (SSSR count). The van der Waals surface area contributed by atoms with Crippen LogP contribution in [0.1, 0.15) is 17.5 Å². The van der Waals surface area contributed by atoms with Crippen molar-refractivity contribution in [3.8, 4) is 0 Å². The molecule has 0 aliphatic rings. The van der Waals surface area contributed by atoms with Gasteiger partial charge < -0.3 is 5.41 Å². The molecule has 92 valence electrons. The highest BCUT2D eigenvalue weighted by atomic mass is 31.0. The van der Waals surface area contributed by atoms with E-state index in [1.54, 1.807) is 25.1 Å². The van der Waals surface area contributed by atoms with Crippen molar-refractivity contribution in [2.75, 3.05) is 0 Å². The molecular formula is C11H12F3N2P. The zero-order valence-corrected chi connectivity index (χ0v) is 10.3. The summed E-state index contributed by atoms with van der Waals surface area (Å²) in [5.74, 6) is 0. The lowest BCUT2D eigenvalue weighted by Crippen LogP contribution is -2.10. The third-order valence-corrected chi connectivity index (χ3v) is 2.48. The average Bonchev–Trinajstić information content (AvgIpc) is 2.18. The van der Waals surface area contributed by atoms with Crippen LogP contribution in [0.2, 0.25) is 0 Å². The molecule has 1 unspecified atom stereocenters. The fraction of sp³-hybridized carbons (Fsp3) is 0.273. The molecule has 0 saturated carbocycles. The Kier molecular flexibility index (Phi) is 4.40. The highest BCUT2D eigenvalue weighted by Crippen LogP contribution is 2.26. The van der Waals surface area contributed by atoms with E-state index in [-0.39, 0.29) is 5.45 Å². The van der Waals surface area contributed by atoms with Gasteiger partial charge in [0.05, 0.1) is 12.1 Å². The fourth-order valence-electron chi connectivity index (χ4n) is 1.32. The van der Waals surface area contributed by atoms with Crippen LogP contribution in [0, 0.1) is 12.3 Å². The second-order valence-electron chi connectivity index (χ2n) is 3.53. The normalized spacial score (nSPS) is 12.6. The minimum Gasteiger partial charge on any atom is -0.308 e. The third-order valence-electron chi connectivity index (χ3n) is 2.15. The second kappa shape index (κ2) is 5.41. The van der Waals surface area contributed by atoms with Gasteiger partial charge in [-0.25, -0.2) is 0 Å². The molecule has 0 aliphatic heterocycles. The van der Waals surface area contributed by atoms with Crippen molar-refractivity contribution in [1.29, 1.82) is 5.41 Å². The topological polar surface area (TPSA) is 36.2 Å². The van der Waals surface area contributed by atoms with Crippen LogP contribution >= 0.6 is 9.24 Å². The molecule has 0 bridgehead atoms. The first-order valence-corrected chi connectivity index (χ1v) is 5.41. The molecule has 1 aromatic rings. The number of alkyl halides is 3. The van der Waals surface area contributed by atoms with E-state index < -0.39 is 12.6 Å². The molecule has 6 heteroatoms. The fourth-order valence-corrected chi connectivity index (χ4v) is 1.69. The molecule has 0 saturated heterocycles. The Morgan fingerprint density at radius 1 is 1.47 bits per heavy atom. The summed E-state index contributed by atoms with van der Waals surface area (Å²) < 4.78 is 36.4. The van der Waals surface area contributed by atoms with E-state index in [9.17, 15) is 13.2 Å². The first-order chi connectivity index (χ1) is 7.83. The summed E-state index contributed by atoms with van der Waals surface area (Å²) in [7, 11) is 2.00. The molecule has 0 amide bonds. The van der Waals surface area contributed by atoms with Crippen LogP contribution in [-0.2, 0) is 0 Å². The monoisotopic (exact) mass is 260 g/mol. The Hall–Kier alpha value is -1.22. The Morgan fingerprint density at radius 3 is 2.65 bits per heavy atom. The van der Waals surface area contributed by atoms with Gasteiger partial charge in [0, 0.05) is 11.7 Å². The average molecular weight is 260 g/mol. The standard InChI is InChI=1S/C11H12F3N2P/c1-7-8(6-15)3-2-4-9(7)16-10(17)5-11(12,13)14/h2-4,6,15H,5,17H2,1H3. The Morgan fingerprint density at radius 2 is 2.12 bits per heavy atom. The zero-order chi connectivity index (χ0) is 13.1. The quantitative estimate of drug-likeness (QED) is 0.633. The molecule has 1 N–H and O–H groups in total. The smallest absolute Gasteiger partial charge is 0.308 e. The van der Waals surface area contributed by atoms with Gasteiger partial charge in [-0.05, 0) is 24.1 Å². The van der Waals surface area contributed by atoms with Crippen molar-refractivity contribution >= 4 is 26.6 Å². The SMILES string of the molecule is Cc1c(C=N)cccc1N=C(P)CC(F)(F)F. The summed E-state index contributed by atoms with van der Waals surface area (Å²) in [6.45, 7) is 1.73. The Bertz CT molecular complexity index is 453. The predicted molar refractivity (Wildman–Crippen MR) is 66.5 cm³/mol. The largest absolute Gasteiger partial charge is 0.394 e. The Labute approximate surface area is 99.7 Å². The lowest BCUT2D eigenvalue weighted by Gasteiger charge is -2.07. The number of hydrogen-bond acceptors (Lipinski definition) is 2. The second-order valence-corrected chi connectivity index (χ2v) is 4.20. The summed E-state index contributed by atoms with van der Waals surface area (Å²) in [5.41, 5.74) is 1.74. The maximum Gasteiger partial charge on any atom is 0.394 e. The van der Waals surface area contributed by atoms with Crippen molar-refractivity contribution in [3.05, 3.63) is 29.3 Å². The van der Waals surface area contributed by atoms with Gasteiger partial charge in [-0.3, -0.25) is 4.99 Å². The van der Waals surface area contributed by atoms with Gasteiger partial charge >= 0.3 is 6.18 Å². The molecule has 0 fully saturated rings. The van der Waals surface area contributed by atoms with Crippen molar-refractivity contribution < 1.29 is 13.2 Å². The van der Waals surface area contributed by atoms with Crippen molar-refractivity contribution in [2.45, 2.75) is 19.5 Å². The summed E-state index contributed by atoms with van der Waals surface area (Å²) >= 11 is 0. The van der Waals surface area contributed by atoms with Crippen molar-refractivity contribution in [1.82, 2.24) is 0 Å².